The second-order valence-corrected chi connectivity index (χ2v) is 6.69. The SMILES string of the molecule is CC1CCC(Nc2cc(Cl)ccc2-n2cccn2)C(C)C1. The first-order valence-electron chi connectivity index (χ1n) is 7.69. The molecule has 0 spiro atoms. The van der Waals surface area contributed by atoms with Gasteiger partial charge in [0.05, 0.1) is 11.4 Å². The highest BCUT2D eigenvalue weighted by molar-refractivity contribution is 6.31. The van der Waals surface area contributed by atoms with Crippen molar-refractivity contribution >= 4 is 17.3 Å². The zero-order valence-corrected chi connectivity index (χ0v) is 13.3. The van der Waals surface area contributed by atoms with E-state index in [1.807, 2.05) is 35.1 Å². The first-order valence-corrected chi connectivity index (χ1v) is 8.07. The number of aromatic nitrogens is 2. The number of nitrogens with one attached hydrogen (secondary N) is 1. The first-order chi connectivity index (χ1) is 10.1. The van der Waals surface area contributed by atoms with E-state index in [-0.39, 0.29) is 0 Å². The van der Waals surface area contributed by atoms with E-state index in [1.54, 1.807) is 6.20 Å². The van der Waals surface area contributed by atoms with E-state index in [9.17, 15) is 0 Å². The molecule has 1 N–H and O–H groups in total. The third kappa shape index (κ3) is 3.24. The van der Waals surface area contributed by atoms with E-state index in [1.165, 1.54) is 19.3 Å². The van der Waals surface area contributed by atoms with Gasteiger partial charge in [0.15, 0.2) is 0 Å². The summed E-state index contributed by atoms with van der Waals surface area (Å²) in [4.78, 5) is 0. The van der Waals surface area contributed by atoms with Gasteiger partial charge in [-0.15, -0.1) is 0 Å². The predicted molar refractivity (Wildman–Crippen MR) is 88.2 cm³/mol. The van der Waals surface area contributed by atoms with Crippen molar-refractivity contribution in [3.63, 3.8) is 0 Å². The minimum absolute atomic E-state index is 0.508. The molecule has 0 amide bonds. The average Bonchev–Trinajstić information content (AvgIpc) is 2.96. The molecule has 1 fully saturated rings. The van der Waals surface area contributed by atoms with E-state index in [0.29, 0.717) is 12.0 Å². The van der Waals surface area contributed by atoms with Crippen LogP contribution in [0.1, 0.15) is 33.1 Å². The van der Waals surface area contributed by atoms with Crippen molar-refractivity contribution < 1.29 is 0 Å². The van der Waals surface area contributed by atoms with Gasteiger partial charge in [0.25, 0.3) is 0 Å². The number of anilines is 1. The number of benzene rings is 1. The lowest BCUT2D eigenvalue weighted by molar-refractivity contribution is 0.276. The van der Waals surface area contributed by atoms with Crippen molar-refractivity contribution in [1.29, 1.82) is 0 Å². The van der Waals surface area contributed by atoms with Crippen molar-refractivity contribution in [3.05, 3.63) is 41.7 Å². The van der Waals surface area contributed by atoms with Crippen molar-refractivity contribution in [2.24, 2.45) is 11.8 Å². The molecule has 1 aromatic heterocycles. The van der Waals surface area contributed by atoms with Crippen molar-refractivity contribution in [2.75, 3.05) is 5.32 Å². The topological polar surface area (TPSA) is 29.9 Å². The summed E-state index contributed by atoms with van der Waals surface area (Å²) >= 11 is 6.19. The van der Waals surface area contributed by atoms with Crippen molar-refractivity contribution in [2.45, 2.75) is 39.2 Å². The molecular weight excluding hydrogens is 282 g/mol. The summed E-state index contributed by atoms with van der Waals surface area (Å²) in [6, 6.07) is 8.38. The molecular formula is C17H22ClN3. The Morgan fingerprint density at radius 2 is 2.14 bits per heavy atom. The third-order valence-electron chi connectivity index (χ3n) is 4.48. The summed E-state index contributed by atoms with van der Waals surface area (Å²) < 4.78 is 1.88. The Morgan fingerprint density at radius 3 is 2.86 bits per heavy atom. The van der Waals surface area contributed by atoms with E-state index in [2.05, 4.69) is 24.3 Å². The molecule has 3 nitrogen and oxygen atoms in total. The number of nitrogens with zero attached hydrogens (tertiary/aromatic N) is 2. The second-order valence-electron chi connectivity index (χ2n) is 6.26. The number of hydrogen-bond donors (Lipinski definition) is 1. The van der Waals surface area contributed by atoms with Crippen LogP contribution < -0.4 is 5.32 Å². The maximum atomic E-state index is 6.19. The fourth-order valence-corrected chi connectivity index (χ4v) is 3.49. The lowest BCUT2D eigenvalue weighted by Crippen LogP contribution is -2.33. The fraction of sp³-hybridized carbons (Fsp3) is 0.471. The summed E-state index contributed by atoms with van der Waals surface area (Å²) in [6.07, 6.45) is 7.55. The Labute approximate surface area is 131 Å². The second kappa shape index (κ2) is 6.10. The molecule has 1 saturated carbocycles. The summed E-state index contributed by atoms with van der Waals surface area (Å²) in [5, 5.41) is 8.79. The average molecular weight is 304 g/mol. The molecule has 3 rings (SSSR count). The van der Waals surface area contributed by atoms with Gasteiger partial charge in [-0.3, -0.25) is 0 Å². The monoisotopic (exact) mass is 303 g/mol. The van der Waals surface area contributed by atoms with Gasteiger partial charge in [-0.2, -0.15) is 5.10 Å². The maximum Gasteiger partial charge on any atom is 0.0877 e. The minimum atomic E-state index is 0.508. The molecule has 1 aromatic carbocycles. The van der Waals surface area contributed by atoms with Crippen LogP contribution in [0, 0.1) is 11.8 Å². The molecule has 1 heterocycles. The zero-order valence-electron chi connectivity index (χ0n) is 12.6. The highest BCUT2D eigenvalue weighted by Crippen LogP contribution is 2.33. The number of rotatable bonds is 3. The van der Waals surface area contributed by atoms with Crippen molar-refractivity contribution in [1.82, 2.24) is 9.78 Å². The molecule has 21 heavy (non-hydrogen) atoms. The minimum Gasteiger partial charge on any atom is -0.380 e. The van der Waals surface area contributed by atoms with Crippen LogP contribution in [-0.4, -0.2) is 15.8 Å². The molecule has 1 aliphatic carbocycles. The van der Waals surface area contributed by atoms with Gasteiger partial charge < -0.3 is 5.32 Å². The molecule has 0 saturated heterocycles. The smallest absolute Gasteiger partial charge is 0.0877 e. The Kier molecular flexibility index (Phi) is 4.20. The molecule has 112 valence electrons. The normalized spacial score (nSPS) is 25.8. The van der Waals surface area contributed by atoms with Crippen molar-refractivity contribution in [3.8, 4) is 5.69 Å². The predicted octanol–water partition coefficient (Wildman–Crippen LogP) is 4.76. The van der Waals surface area contributed by atoms with Gasteiger partial charge >= 0.3 is 0 Å². The molecule has 3 atom stereocenters. The summed E-state index contributed by atoms with van der Waals surface area (Å²) in [7, 11) is 0. The summed E-state index contributed by atoms with van der Waals surface area (Å²) in [5.41, 5.74) is 2.12. The standard InChI is InChI=1S/C17H22ClN3/c1-12-4-6-15(13(2)10-12)20-16-11-14(18)5-7-17(16)21-9-3-8-19-21/h3,5,7-9,11-13,15,20H,4,6,10H2,1-2H3. The van der Waals surface area contributed by atoms with Crippen LogP contribution in [0.25, 0.3) is 5.69 Å². The van der Waals surface area contributed by atoms with Gasteiger partial charge in [-0.05, 0) is 55.4 Å². The molecule has 0 aliphatic heterocycles. The quantitative estimate of drug-likeness (QED) is 0.885. The van der Waals surface area contributed by atoms with Gasteiger partial charge in [0, 0.05) is 23.5 Å². The van der Waals surface area contributed by atoms with Gasteiger partial charge in [-0.25, -0.2) is 4.68 Å². The van der Waals surface area contributed by atoms with Gasteiger partial charge in [0.1, 0.15) is 0 Å². The van der Waals surface area contributed by atoms with Crippen LogP contribution in [0.3, 0.4) is 0 Å². The lowest BCUT2D eigenvalue weighted by Gasteiger charge is -2.34. The Bertz CT molecular complexity index is 594. The van der Waals surface area contributed by atoms with Gasteiger partial charge in [-0.1, -0.05) is 25.4 Å². The Hall–Kier alpha value is -1.48. The molecule has 1 aliphatic rings. The van der Waals surface area contributed by atoms with Crippen LogP contribution in [0.5, 0.6) is 0 Å². The van der Waals surface area contributed by atoms with Gasteiger partial charge in [0.2, 0.25) is 0 Å². The van der Waals surface area contributed by atoms with Crippen LogP contribution in [0.4, 0.5) is 5.69 Å². The fourth-order valence-electron chi connectivity index (χ4n) is 3.31. The van der Waals surface area contributed by atoms with E-state index < -0.39 is 0 Å². The largest absolute Gasteiger partial charge is 0.380 e. The lowest BCUT2D eigenvalue weighted by atomic mass is 9.80. The van der Waals surface area contributed by atoms with E-state index >= 15 is 0 Å². The molecule has 4 heteroatoms. The van der Waals surface area contributed by atoms with E-state index in [0.717, 1.165) is 22.3 Å². The number of hydrogen-bond acceptors (Lipinski definition) is 2. The van der Waals surface area contributed by atoms with Crippen LogP contribution in [0.2, 0.25) is 5.02 Å². The van der Waals surface area contributed by atoms with Crippen LogP contribution >= 0.6 is 11.6 Å². The number of halogens is 1. The third-order valence-corrected chi connectivity index (χ3v) is 4.72. The summed E-state index contributed by atoms with van der Waals surface area (Å²) in [5.74, 6) is 1.52. The maximum absolute atomic E-state index is 6.19. The summed E-state index contributed by atoms with van der Waals surface area (Å²) in [6.45, 7) is 4.69. The molecule has 3 unspecified atom stereocenters. The van der Waals surface area contributed by atoms with E-state index in [4.69, 9.17) is 11.6 Å². The van der Waals surface area contributed by atoms with Crippen LogP contribution in [-0.2, 0) is 0 Å². The molecule has 2 aromatic rings. The first kappa shape index (κ1) is 14.5. The molecule has 0 bridgehead atoms. The van der Waals surface area contributed by atoms with Crippen LogP contribution in [0.15, 0.2) is 36.7 Å². The molecule has 0 radical (unpaired) electrons. The zero-order chi connectivity index (χ0) is 14.8. The highest BCUT2D eigenvalue weighted by Gasteiger charge is 2.25. The highest BCUT2D eigenvalue weighted by atomic mass is 35.5. The Balaban J connectivity index is 1.86. The Morgan fingerprint density at radius 1 is 1.29 bits per heavy atom.